The molecule has 7 rings (SSSR count). The van der Waals surface area contributed by atoms with Gasteiger partial charge in [-0.15, -0.1) is 0 Å². The molecule has 2 aromatic carbocycles. The number of methoxy groups -OCH3 is 4. The van der Waals surface area contributed by atoms with Crippen molar-refractivity contribution in [1.82, 2.24) is 40.4 Å². The highest BCUT2D eigenvalue weighted by Crippen LogP contribution is 2.53. The number of fused-ring (bicyclic) bond motifs is 1. The predicted octanol–water partition coefficient (Wildman–Crippen LogP) is 6.68. The number of benzene rings is 2. The molecule has 1 saturated carbocycles. The molecule has 1 aliphatic carbocycles. The quantitative estimate of drug-likeness (QED) is 0.100. The average Bonchev–Trinajstić information content (AvgIpc) is 3.57. The van der Waals surface area contributed by atoms with Gasteiger partial charge in [0.05, 0.1) is 26.3 Å². The minimum absolute atomic E-state index is 0.0795. The number of amides is 4. The fraction of sp³-hybridized carbons (Fsp3) is 0.476. The normalized spacial score (nSPS) is 21.6. The number of likely N-dealkylation sites (tertiary alicyclic amines) is 2. The number of aromatic amines is 2. The molecule has 4 heterocycles. The number of hydrogen-bond acceptors (Lipinski definition) is 10. The van der Waals surface area contributed by atoms with Crippen LogP contribution in [-0.4, -0.2) is 120 Å². The molecule has 0 radical (unpaired) electrons. The Kier molecular flexibility index (Phi) is 13.3. The average molecular weight is 866 g/mol. The fourth-order valence-electron chi connectivity index (χ4n) is 8.47. The summed E-state index contributed by atoms with van der Waals surface area (Å²) >= 11 is 13.5. The summed E-state index contributed by atoms with van der Waals surface area (Å²) in [6.45, 7) is 2.56. The fourth-order valence-corrected chi connectivity index (χ4v) is 8.96. The Bertz CT molecular complexity index is 2040. The zero-order chi connectivity index (χ0) is 42.7. The number of hydrogen-bond donors (Lipinski definition) is 4. The Hall–Kier alpha value is -5.16. The summed E-state index contributed by atoms with van der Waals surface area (Å²) in [5.41, 5.74) is 4.70. The summed E-state index contributed by atoms with van der Waals surface area (Å²) in [5, 5.41) is 6.05. The summed E-state index contributed by atoms with van der Waals surface area (Å²) < 4.78 is 19.9. The maximum Gasteiger partial charge on any atom is 0.407 e. The molecular weight excluding hydrogens is 815 g/mol. The monoisotopic (exact) mass is 864 g/mol. The van der Waals surface area contributed by atoms with Crippen LogP contribution in [0.5, 0.6) is 0 Å². The van der Waals surface area contributed by atoms with Crippen molar-refractivity contribution in [3.05, 3.63) is 70.5 Å². The van der Waals surface area contributed by atoms with Gasteiger partial charge < -0.3 is 49.3 Å². The minimum Gasteiger partial charge on any atom is -0.453 e. The Balaban J connectivity index is 1.04. The smallest absolute Gasteiger partial charge is 0.407 e. The van der Waals surface area contributed by atoms with Gasteiger partial charge in [0.25, 0.3) is 0 Å². The molecule has 2 saturated heterocycles. The summed E-state index contributed by atoms with van der Waals surface area (Å²) in [4.78, 5) is 71.6. The first kappa shape index (κ1) is 42.9. The van der Waals surface area contributed by atoms with Crippen molar-refractivity contribution in [2.45, 2.75) is 81.7 Å². The van der Waals surface area contributed by atoms with E-state index in [0.717, 1.165) is 41.5 Å². The van der Waals surface area contributed by atoms with Gasteiger partial charge in [-0.2, -0.15) is 0 Å². The zero-order valence-corrected chi connectivity index (χ0v) is 35.6. The number of carbonyl (C=O) groups excluding carboxylic acids is 4. The van der Waals surface area contributed by atoms with Crippen LogP contribution in [0.1, 0.15) is 69.2 Å². The summed E-state index contributed by atoms with van der Waals surface area (Å²) in [7, 11) is 5.61. The largest absolute Gasteiger partial charge is 0.453 e. The maximum absolute atomic E-state index is 13.8. The van der Waals surface area contributed by atoms with Crippen molar-refractivity contribution in [2.75, 3.05) is 41.7 Å². The van der Waals surface area contributed by atoms with Crippen molar-refractivity contribution < 1.29 is 38.1 Å². The highest BCUT2D eigenvalue weighted by molar-refractivity contribution is 6.32. The van der Waals surface area contributed by atoms with Crippen LogP contribution in [0.2, 0.25) is 10.3 Å². The number of alkyl carbamates (subject to hydrolysis) is 2. The van der Waals surface area contributed by atoms with E-state index in [1.807, 2.05) is 60.4 Å². The first-order chi connectivity index (χ1) is 29.0. The number of piperidine rings is 1. The number of ether oxygens (including phenoxy) is 4. The van der Waals surface area contributed by atoms with E-state index in [1.165, 1.54) is 14.2 Å². The number of imidazole rings is 2. The topological polar surface area (TPSA) is 193 Å². The van der Waals surface area contributed by atoms with E-state index < -0.39 is 24.3 Å². The van der Waals surface area contributed by atoms with E-state index in [1.54, 1.807) is 19.1 Å². The predicted molar refractivity (Wildman–Crippen MR) is 223 cm³/mol. The molecule has 1 unspecified atom stereocenters. The molecule has 4 aromatic rings. The molecule has 4 N–H and O–H groups in total. The van der Waals surface area contributed by atoms with Crippen molar-refractivity contribution in [2.24, 2.45) is 5.92 Å². The van der Waals surface area contributed by atoms with E-state index in [-0.39, 0.29) is 49.0 Å². The van der Waals surface area contributed by atoms with Crippen LogP contribution in [0.4, 0.5) is 9.59 Å². The van der Waals surface area contributed by atoms with E-state index in [4.69, 9.17) is 52.1 Å². The molecule has 4 amide bonds. The molecule has 16 nitrogen and oxygen atoms in total. The van der Waals surface area contributed by atoms with Crippen LogP contribution in [0.15, 0.2) is 48.5 Å². The lowest BCUT2D eigenvalue weighted by Crippen LogP contribution is -2.50. The summed E-state index contributed by atoms with van der Waals surface area (Å²) in [5.74, 6) is 1.09. The van der Waals surface area contributed by atoms with Gasteiger partial charge >= 0.3 is 12.2 Å². The van der Waals surface area contributed by atoms with Gasteiger partial charge in [-0.1, -0.05) is 71.7 Å². The Labute approximate surface area is 358 Å². The molecule has 320 valence electrons. The third-order valence-electron chi connectivity index (χ3n) is 11.7. The molecule has 7 atom stereocenters. The maximum atomic E-state index is 13.8. The number of aromatic nitrogens is 4. The Morgan fingerprint density at radius 1 is 0.683 bits per heavy atom. The van der Waals surface area contributed by atoms with Crippen LogP contribution < -0.4 is 10.6 Å². The molecule has 3 fully saturated rings. The summed E-state index contributed by atoms with van der Waals surface area (Å²) in [6, 6.07) is 13.5. The molecule has 0 spiro atoms. The molecular formula is C42H50Cl2N8O8. The van der Waals surface area contributed by atoms with Crippen molar-refractivity contribution in [1.29, 1.82) is 0 Å². The Morgan fingerprint density at radius 2 is 1.13 bits per heavy atom. The van der Waals surface area contributed by atoms with Gasteiger partial charge in [0, 0.05) is 63.5 Å². The van der Waals surface area contributed by atoms with Gasteiger partial charge in [0.1, 0.15) is 45.4 Å². The van der Waals surface area contributed by atoms with E-state index in [0.29, 0.717) is 58.7 Å². The number of H-pyrrole nitrogens is 2. The molecule has 0 bridgehead atoms. The van der Waals surface area contributed by atoms with Crippen LogP contribution >= 0.6 is 23.2 Å². The molecule has 2 aromatic heterocycles. The van der Waals surface area contributed by atoms with Crippen LogP contribution in [0.3, 0.4) is 0 Å². The number of carbonyl (C=O) groups is 4. The number of nitrogens with zero attached hydrogens (tertiary/aromatic N) is 4. The third kappa shape index (κ3) is 8.97. The first-order valence-corrected chi connectivity index (χ1v) is 20.7. The number of nitrogens with one attached hydrogen (secondary N) is 4. The van der Waals surface area contributed by atoms with Crippen LogP contribution in [0, 0.1) is 5.92 Å². The SMILES string of the molecule is COCC[C@H](NC(=O)OC)C(=O)N1[C@H](C)CC[C@H]1c1nc(-c2ccc(-c3ccc(-c4nc([C@@H]5CC6C[C@H]6N5C(=O)[C@H](CCOC)NC(=O)OC)[nH]c4Cl)cc3)cc2)c(Cl)[nH]1. The van der Waals surface area contributed by atoms with E-state index >= 15 is 0 Å². The lowest BCUT2D eigenvalue weighted by molar-refractivity contribution is -0.137. The van der Waals surface area contributed by atoms with Gasteiger partial charge in [0.15, 0.2) is 0 Å². The molecule has 60 heavy (non-hydrogen) atoms. The van der Waals surface area contributed by atoms with Crippen molar-refractivity contribution in [3.63, 3.8) is 0 Å². The lowest BCUT2D eigenvalue weighted by atomic mass is 10.0. The van der Waals surface area contributed by atoms with Crippen LogP contribution in [-0.2, 0) is 28.5 Å². The highest BCUT2D eigenvalue weighted by Gasteiger charge is 2.56. The first-order valence-electron chi connectivity index (χ1n) is 20.0. The Morgan fingerprint density at radius 3 is 1.60 bits per heavy atom. The second-order valence-corrected chi connectivity index (χ2v) is 16.2. The van der Waals surface area contributed by atoms with Gasteiger partial charge in [-0.05, 0) is 49.7 Å². The highest BCUT2D eigenvalue weighted by atomic mass is 35.5. The molecule has 18 heteroatoms. The van der Waals surface area contributed by atoms with Gasteiger partial charge in [-0.3, -0.25) is 9.59 Å². The third-order valence-corrected chi connectivity index (χ3v) is 12.2. The second kappa shape index (κ2) is 18.6. The van der Waals surface area contributed by atoms with Crippen molar-refractivity contribution >= 4 is 47.2 Å². The number of halogens is 2. The number of rotatable bonds is 15. The second-order valence-electron chi connectivity index (χ2n) is 15.4. The molecule has 3 aliphatic rings. The van der Waals surface area contributed by atoms with E-state index in [2.05, 4.69) is 20.6 Å². The molecule has 2 aliphatic heterocycles. The minimum atomic E-state index is -0.824. The van der Waals surface area contributed by atoms with Gasteiger partial charge in [0.2, 0.25) is 11.8 Å². The van der Waals surface area contributed by atoms with E-state index in [9.17, 15) is 19.2 Å². The van der Waals surface area contributed by atoms with Crippen LogP contribution in [0.25, 0.3) is 33.6 Å². The van der Waals surface area contributed by atoms with Gasteiger partial charge in [-0.25, -0.2) is 19.6 Å². The zero-order valence-electron chi connectivity index (χ0n) is 34.1. The standard InChI is InChI=1S/C42H50Cl2N8O8/c1-22-6-15-30(51(22)39(53)28(16-18-57-2)45-41(55)59-4)37-47-33(35(43)49-37)25-11-7-23(8-12-25)24-9-13-26(14-10-24)34-36(44)50-38(48-34)32-21-27-20-31(27)52(32)40(54)29(17-19-58-3)46-42(56)60-5/h7-14,22,27-32H,6,15-21H2,1-5H3,(H,45,55)(H,46,56)(H,47,49)(H,48,50)/t22-,27?,28+,29+,30+,31-,32+/m1/s1. The lowest BCUT2D eigenvalue weighted by Gasteiger charge is -2.31. The summed E-state index contributed by atoms with van der Waals surface area (Å²) in [6.07, 6.45) is 2.32. The van der Waals surface area contributed by atoms with Crippen molar-refractivity contribution in [3.8, 4) is 33.6 Å².